The molecule has 3 nitrogen and oxygen atoms in total. The van der Waals surface area contributed by atoms with Gasteiger partial charge in [-0.3, -0.25) is 4.79 Å². The number of carbonyl (C=O) groups is 1. The second kappa shape index (κ2) is 9.59. The second-order valence-corrected chi connectivity index (χ2v) is 6.95. The summed E-state index contributed by atoms with van der Waals surface area (Å²) in [5.74, 6) is 2.45. The van der Waals surface area contributed by atoms with Gasteiger partial charge >= 0.3 is 0 Å². The summed E-state index contributed by atoms with van der Waals surface area (Å²) in [5, 5.41) is 2.59. The van der Waals surface area contributed by atoms with Crippen LogP contribution in [0.4, 0.5) is 0 Å². The molecule has 1 fully saturated rings. The number of hydrogen-bond donors (Lipinski definition) is 1. The quantitative estimate of drug-likeness (QED) is 0.774. The van der Waals surface area contributed by atoms with Gasteiger partial charge in [0.25, 0.3) is 5.91 Å². The number of nitrogens with one attached hydrogen (secondary N) is 1. The van der Waals surface area contributed by atoms with Gasteiger partial charge in [-0.05, 0) is 42.7 Å². The fraction of sp³-hybridized carbons (Fsp3) is 0.650. The molecule has 1 aliphatic carbocycles. The molecular formula is C20H31NO2. The molecule has 0 aliphatic heterocycles. The molecule has 0 heterocycles. The first kappa shape index (κ1) is 17.8. The Balaban J connectivity index is 1.80. The van der Waals surface area contributed by atoms with Crippen molar-refractivity contribution in [3.8, 4) is 5.75 Å². The van der Waals surface area contributed by atoms with Crippen molar-refractivity contribution in [1.29, 1.82) is 0 Å². The lowest BCUT2D eigenvalue weighted by molar-refractivity contribution is -0.122. The van der Waals surface area contributed by atoms with Gasteiger partial charge in [0.1, 0.15) is 5.75 Å². The number of ether oxygens (including phenoxy) is 1. The van der Waals surface area contributed by atoms with Crippen molar-refractivity contribution in [2.45, 2.75) is 58.3 Å². The van der Waals surface area contributed by atoms with E-state index in [0.717, 1.165) is 24.0 Å². The molecule has 0 aromatic heterocycles. The summed E-state index contributed by atoms with van der Waals surface area (Å²) in [4.78, 5) is 11.3. The Hall–Kier alpha value is -1.51. The Morgan fingerprint density at radius 1 is 1.26 bits per heavy atom. The van der Waals surface area contributed by atoms with Crippen molar-refractivity contribution in [3.05, 3.63) is 29.8 Å². The maximum Gasteiger partial charge on any atom is 0.257 e. The molecule has 1 aromatic carbocycles. The number of benzene rings is 1. The van der Waals surface area contributed by atoms with Crippen LogP contribution in [-0.2, 0) is 11.2 Å². The number of rotatable bonds is 8. The minimum atomic E-state index is -0.0922. The van der Waals surface area contributed by atoms with Crippen LogP contribution in [0.15, 0.2) is 24.3 Å². The van der Waals surface area contributed by atoms with Gasteiger partial charge in [-0.25, -0.2) is 0 Å². The van der Waals surface area contributed by atoms with E-state index in [9.17, 15) is 4.79 Å². The molecule has 0 radical (unpaired) electrons. The minimum Gasteiger partial charge on any atom is -0.483 e. The normalized spacial score (nSPS) is 16.8. The van der Waals surface area contributed by atoms with E-state index in [2.05, 4.69) is 18.3 Å². The second-order valence-electron chi connectivity index (χ2n) is 6.95. The molecule has 0 bridgehead atoms. The van der Waals surface area contributed by atoms with Crippen molar-refractivity contribution < 1.29 is 9.53 Å². The monoisotopic (exact) mass is 317 g/mol. The Morgan fingerprint density at radius 3 is 2.74 bits per heavy atom. The first-order chi connectivity index (χ1) is 11.2. The van der Waals surface area contributed by atoms with Gasteiger partial charge in [-0.2, -0.15) is 0 Å². The predicted molar refractivity (Wildman–Crippen MR) is 94.7 cm³/mol. The molecule has 1 amide bonds. The molecule has 23 heavy (non-hydrogen) atoms. The van der Waals surface area contributed by atoms with E-state index in [1.54, 1.807) is 7.05 Å². The average Bonchev–Trinajstić information content (AvgIpc) is 2.59. The zero-order chi connectivity index (χ0) is 16.5. The van der Waals surface area contributed by atoms with Gasteiger partial charge in [-0.1, -0.05) is 57.2 Å². The van der Waals surface area contributed by atoms with Crippen LogP contribution in [0, 0.1) is 11.8 Å². The predicted octanol–water partition coefficient (Wildman–Crippen LogP) is 4.35. The fourth-order valence-corrected chi connectivity index (χ4v) is 3.58. The number of likely N-dealkylation sites (N-methyl/N-ethyl adjacent to an activating group) is 1. The number of hydrogen-bond acceptors (Lipinski definition) is 2. The van der Waals surface area contributed by atoms with Crippen molar-refractivity contribution in [2.24, 2.45) is 11.8 Å². The smallest absolute Gasteiger partial charge is 0.257 e. The number of carbonyl (C=O) groups excluding carboxylic acids is 1. The summed E-state index contributed by atoms with van der Waals surface area (Å²) in [7, 11) is 1.63. The third-order valence-corrected chi connectivity index (χ3v) is 4.98. The number of amides is 1. The van der Waals surface area contributed by atoms with Gasteiger partial charge in [0, 0.05) is 7.05 Å². The van der Waals surface area contributed by atoms with Crippen LogP contribution in [0.2, 0.25) is 0 Å². The van der Waals surface area contributed by atoms with Crippen LogP contribution in [0.3, 0.4) is 0 Å². The molecular weight excluding hydrogens is 286 g/mol. The minimum absolute atomic E-state index is 0.0884. The largest absolute Gasteiger partial charge is 0.483 e. The third-order valence-electron chi connectivity index (χ3n) is 4.98. The van der Waals surface area contributed by atoms with E-state index in [1.165, 1.54) is 50.5 Å². The van der Waals surface area contributed by atoms with Gasteiger partial charge in [0.05, 0.1) is 0 Å². The van der Waals surface area contributed by atoms with E-state index in [4.69, 9.17) is 4.74 Å². The molecule has 3 heteroatoms. The Labute approximate surface area is 140 Å². The lowest BCUT2D eigenvalue weighted by Gasteiger charge is -2.24. The van der Waals surface area contributed by atoms with Gasteiger partial charge in [-0.15, -0.1) is 0 Å². The van der Waals surface area contributed by atoms with Crippen LogP contribution in [-0.4, -0.2) is 19.6 Å². The molecule has 0 saturated heterocycles. The fourth-order valence-electron chi connectivity index (χ4n) is 3.58. The van der Waals surface area contributed by atoms with Crippen molar-refractivity contribution in [2.75, 3.05) is 13.7 Å². The summed E-state index contributed by atoms with van der Waals surface area (Å²) in [6, 6.07) is 8.10. The molecule has 0 spiro atoms. The molecule has 1 N–H and O–H groups in total. The van der Waals surface area contributed by atoms with E-state index < -0.39 is 0 Å². The summed E-state index contributed by atoms with van der Waals surface area (Å²) < 4.78 is 5.66. The number of para-hydroxylation sites is 1. The topological polar surface area (TPSA) is 38.3 Å². The highest BCUT2D eigenvalue weighted by molar-refractivity contribution is 5.77. The zero-order valence-electron chi connectivity index (χ0n) is 14.6. The van der Waals surface area contributed by atoms with Crippen LogP contribution < -0.4 is 10.1 Å². The number of aryl methyl sites for hydroxylation is 1. The maximum atomic E-state index is 11.3. The van der Waals surface area contributed by atoms with Crippen molar-refractivity contribution in [3.63, 3.8) is 0 Å². The van der Waals surface area contributed by atoms with Gasteiger partial charge < -0.3 is 10.1 Å². The van der Waals surface area contributed by atoms with Gasteiger partial charge in [0.2, 0.25) is 0 Å². The SMILES string of the molecule is CNC(=O)COc1ccccc1CCC(C)CC1CCCCC1. The molecule has 1 unspecified atom stereocenters. The summed E-state index contributed by atoms with van der Waals surface area (Å²) in [6.07, 6.45) is 10.7. The Kier molecular flexibility index (Phi) is 7.44. The lowest BCUT2D eigenvalue weighted by atomic mass is 9.82. The highest BCUT2D eigenvalue weighted by Crippen LogP contribution is 2.31. The molecule has 128 valence electrons. The summed E-state index contributed by atoms with van der Waals surface area (Å²) in [6.45, 7) is 2.47. The molecule has 1 atom stereocenters. The van der Waals surface area contributed by atoms with Crippen LogP contribution >= 0.6 is 0 Å². The van der Waals surface area contributed by atoms with Crippen LogP contribution in [0.25, 0.3) is 0 Å². The van der Waals surface area contributed by atoms with E-state index in [0.29, 0.717) is 0 Å². The standard InChI is InChI=1S/C20H31NO2/c1-16(14-17-8-4-3-5-9-17)12-13-18-10-6-7-11-19(18)23-15-20(22)21-2/h6-7,10-11,16-17H,3-5,8-9,12-15H2,1-2H3,(H,21,22). The van der Waals surface area contributed by atoms with E-state index in [1.807, 2.05) is 18.2 Å². The van der Waals surface area contributed by atoms with E-state index in [-0.39, 0.29) is 12.5 Å². The summed E-state index contributed by atoms with van der Waals surface area (Å²) in [5.41, 5.74) is 1.21. The Morgan fingerprint density at radius 2 is 2.00 bits per heavy atom. The van der Waals surface area contributed by atoms with Crippen LogP contribution in [0.5, 0.6) is 5.75 Å². The lowest BCUT2D eigenvalue weighted by Crippen LogP contribution is -2.25. The molecule has 1 saturated carbocycles. The van der Waals surface area contributed by atoms with Gasteiger partial charge in [0.15, 0.2) is 6.61 Å². The Bertz CT molecular complexity index is 480. The van der Waals surface area contributed by atoms with E-state index >= 15 is 0 Å². The summed E-state index contributed by atoms with van der Waals surface area (Å²) >= 11 is 0. The van der Waals surface area contributed by atoms with Crippen molar-refractivity contribution in [1.82, 2.24) is 5.32 Å². The first-order valence-corrected chi connectivity index (χ1v) is 9.10. The highest BCUT2D eigenvalue weighted by Gasteiger charge is 2.17. The average molecular weight is 317 g/mol. The molecule has 2 rings (SSSR count). The highest BCUT2D eigenvalue weighted by atomic mass is 16.5. The first-order valence-electron chi connectivity index (χ1n) is 9.10. The zero-order valence-corrected chi connectivity index (χ0v) is 14.6. The molecule has 1 aromatic rings. The maximum absolute atomic E-state index is 11.3. The van der Waals surface area contributed by atoms with Crippen LogP contribution in [0.1, 0.15) is 57.4 Å². The molecule has 1 aliphatic rings. The third kappa shape index (κ3) is 6.25. The van der Waals surface area contributed by atoms with Crippen molar-refractivity contribution >= 4 is 5.91 Å².